The van der Waals surface area contributed by atoms with Crippen LogP contribution in [-0.4, -0.2) is 46.4 Å². The second kappa shape index (κ2) is 9.74. The molecule has 0 aliphatic carbocycles. The smallest absolute Gasteiger partial charge is 0.262 e. The molecule has 10 heteroatoms. The van der Waals surface area contributed by atoms with Crippen molar-refractivity contribution in [2.75, 3.05) is 6.54 Å². The number of carbonyl (C=O) groups excluding carboxylic acids is 1. The quantitative estimate of drug-likeness (QED) is 0.374. The van der Waals surface area contributed by atoms with Crippen molar-refractivity contribution in [3.05, 3.63) is 61.1 Å². The number of nitrogens with one attached hydrogen (secondary N) is 2. The minimum absolute atomic E-state index is 0.0642. The number of carbonyl (C=O) groups is 1. The van der Waals surface area contributed by atoms with E-state index in [0.29, 0.717) is 24.3 Å². The molecule has 0 spiro atoms. The number of aromatic amines is 1. The highest BCUT2D eigenvalue weighted by Gasteiger charge is 2.40. The Morgan fingerprint density at radius 2 is 1.79 bits per heavy atom. The molecule has 1 aromatic heterocycles. The fourth-order valence-electron chi connectivity index (χ4n) is 4.11. The first-order chi connectivity index (χ1) is 15.9. The highest BCUT2D eigenvalue weighted by atomic mass is 32.2. The number of benzene rings is 2. The molecule has 2 unspecified atom stereocenters. The second-order valence-corrected chi connectivity index (χ2v) is 9.96. The molecule has 0 saturated carbocycles. The Kier molecular flexibility index (Phi) is 6.77. The standard InChI is InChI=1S/C23H26N4O5S/c1-16-4-2-3-13-27(22(16)23(28)26-29)33(30,31)20-11-9-19(10-12-20)32-18-7-5-17(6-8-18)21-14-24-15-25-21/h5-12,14-16,22,29H,2-4,13H2,1H3,(H,24,25)(H,26,28). The summed E-state index contributed by atoms with van der Waals surface area (Å²) in [5.41, 5.74) is 3.49. The van der Waals surface area contributed by atoms with Gasteiger partial charge in [0.15, 0.2) is 0 Å². The lowest BCUT2D eigenvalue weighted by Gasteiger charge is -2.30. The zero-order valence-corrected chi connectivity index (χ0v) is 19.0. The first-order valence-electron chi connectivity index (χ1n) is 10.7. The monoisotopic (exact) mass is 470 g/mol. The van der Waals surface area contributed by atoms with Crippen molar-refractivity contribution >= 4 is 15.9 Å². The largest absolute Gasteiger partial charge is 0.457 e. The Labute approximate surface area is 192 Å². The van der Waals surface area contributed by atoms with Gasteiger partial charge >= 0.3 is 0 Å². The number of imidazole rings is 1. The van der Waals surface area contributed by atoms with Crippen LogP contribution in [-0.2, 0) is 14.8 Å². The van der Waals surface area contributed by atoms with E-state index in [-0.39, 0.29) is 17.4 Å². The topological polar surface area (TPSA) is 125 Å². The van der Waals surface area contributed by atoms with Gasteiger partial charge in [0.05, 0.1) is 23.1 Å². The number of rotatable bonds is 6. The van der Waals surface area contributed by atoms with E-state index < -0.39 is 22.0 Å². The number of hydrogen-bond acceptors (Lipinski definition) is 6. The Hall–Kier alpha value is -3.21. The average molecular weight is 471 g/mol. The molecule has 0 bridgehead atoms. The van der Waals surface area contributed by atoms with Gasteiger partial charge in [-0.05, 0) is 72.9 Å². The lowest BCUT2D eigenvalue weighted by molar-refractivity contribution is -0.134. The molecular formula is C23H26N4O5S. The molecule has 1 aliphatic rings. The number of sulfonamides is 1. The van der Waals surface area contributed by atoms with E-state index in [0.717, 1.165) is 17.7 Å². The van der Waals surface area contributed by atoms with Crippen LogP contribution in [0.15, 0.2) is 66.0 Å². The van der Waals surface area contributed by atoms with E-state index >= 15 is 0 Å². The fraction of sp³-hybridized carbons (Fsp3) is 0.304. The predicted molar refractivity (Wildman–Crippen MR) is 121 cm³/mol. The van der Waals surface area contributed by atoms with Crippen LogP contribution in [0, 0.1) is 5.92 Å². The molecule has 2 aromatic carbocycles. The fourth-order valence-corrected chi connectivity index (χ4v) is 5.83. The van der Waals surface area contributed by atoms with Gasteiger partial charge in [0.2, 0.25) is 10.0 Å². The molecule has 1 fully saturated rings. The minimum Gasteiger partial charge on any atom is -0.457 e. The molecule has 2 heterocycles. The number of hydroxylamine groups is 1. The summed E-state index contributed by atoms with van der Waals surface area (Å²) in [5, 5.41) is 9.16. The number of hydrogen-bond donors (Lipinski definition) is 3. The lowest BCUT2D eigenvalue weighted by Crippen LogP contribution is -2.51. The molecule has 0 radical (unpaired) electrons. The van der Waals surface area contributed by atoms with Gasteiger partial charge in [0, 0.05) is 6.54 Å². The number of H-pyrrole nitrogens is 1. The normalized spacial score (nSPS) is 19.6. The summed E-state index contributed by atoms with van der Waals surface area (Å²) in [4.78, 5) is 19.4. The van der Waals surface area contributed by atoms with Gasteiger partial charge in [-0.25, -0.2) is 18.9 Å². The van der Waals surface area contributed by atoms with Gasteiger partial charge in [-0.1, -0.05) is 13.3 Å². The first-order valence-corrected chi connectivity index (χ1v) is 12.2. The summed E-state index contributed by atoms with van der Waals surface area (Å²) in [6.07, 6.45) is 5.51. The number of ether oxygens (including phenoxy) is 1. The minimum atomic E-state index is -3.95. The molecule has 1 amide bonds. The molecule has 2 atom stereocenters. The summed E-state index contributed by atoms with van der Waals surface area (Å²) in [7, 11) is -3.95. The van der Waals surface area contributed by atoms with Crippen LogP contribution in [0.25, 0.3) is 11.3 Å². The average Bonchev–Trinajstić information content (AvgIpc) is 3.29. The van der Waals surface area contributed by atoms with Crippen LogP contribution in [0.2, 0.25) is 0 Å². The second-order valence-electron chi connectivity index (χ2n) is 8.07. The highest BCUT2D eigenvalue weighted by molar-refractivity contribution is 7.89. The lowest BCUT2D eigenvalue weighted by atomic mass is 9.97. The summed E-state index contributed by atoms with van der Waals surface area (Å²) in [5.74, 6) is 0.153. The molecule has 3 aromatic rings. The van der Waals surface area contributed by atoms with Crippen LogP contribution in [0.4, 0.5) is 0 Å². The third kappa shape index (κ3) is 4.92. The van der Waals surface area contributed by atoms with E-state index in [2.05, 4.69) is 9.97 Å². The summed E-state index contributed by atoms with van der Waals surface area (Å²) in [6.45, 7) is 2.04. The Morgan fingerprint density at radius 1 is 1.12 bits per heavy atom. The SMILES string of the molecule is CC1CCCCN(S(=O)(=O)c2ccc(Oc3ccc(-c4cnc[nH]4)cc3)cc2)C1C(=O)NO. The van der Waals surface area contributed by atoms with Crippen molar-refractivity contribution in [2.24, 2.45) is 5.92 Å². The van der Waals surface area contributed by atoms with Crippen molar-refractivity contribution in [3.8, 4) is 22.8 Å². The molecule has 4 rings (SSSR count). The Balaban J connectivity index is 1.52. The molecule has 174 valence electrons. The van der Waals surface area contributed by atoms with Gasteiger partial charge in [0.25, 0.3) is 5.91 Å². The number of nitrogens with zero attached hydrogens (tertiary/aromatic N) is 2. The van der Waals surface area contributed by atoms with Crippen LogP contribution >= 0.6 is 0 Å². The maximum absolute atomic E-state index is 13.4. The molecule has 1 saturated heterocycles. The third-order valence-corrected chi connectivity index (χ3v) is 7.74. The Bertz CT molecular complexity index is 1180. The van der Waals surface area contributed by atoms with Crippen molar-refractivity contribution in [1.29, 1.82) is 0 Å². The van der Waals surface area contributed by atoms with Crippen LogP contribution in [0.1, 0.15) is 26.2 Å². The summed E-state index contributed by atoms with van der Waals surface area (Å²) in [6, 6.07) is 12.6. The zero-order valence-electron chi connectivity index (χ0n) is 18.1. The maximum atomic E-state index is 13.4. The highest BCUT2D eigenvalue weighted by Crippen LogP contribution is 2.30. The van der Waals surface area contributed by atoms with E-state index in [9.17, 15) is 13.2 Å². The molecule has 33 heavy (non-hydrogen) atoms. The number of amides is 1. The Morgan fingerprint density at radius 3 is 2.39 bits per heavy atom. The van der Waals surface area contributed by atoms with E-state index in [1.54, 1.807) is 30.1 Å². The molecular weight excluding hydrogens is 444 g/mol. The van der Waals surface area contributed by atoms with Crippen molar-refractivity contribution in [2.45, 2.75) is 37.1 Å². The van der Waals surface area contributed by atoms with Crippen LogP contribution in [0.5, 0.6) is 11.5 Å². The first kappa shape index (κ1) is 23.0. The van der Waals surface area contributed by atoms with E-state index in [1.807, 2.05) is 31.2 Å². The van der Waals surface area contributed by atoms with Gasteiger partial charge < -0.3 is 9.72 Å². The van der Waals surface area contributed by atoms with Crippen LogP contribution in [0.3, 0.4) is 0 Å². The molecule has 1 aliphatic heterocycles. The van der Waals surface area contributed by atoms with Gasteiger partial charge in [-0.15, -0.1) is 0 Å². The summed E-state index contributed by atoms with van der Waals surface area (Å²) >= 11 is 0. The van der Waals surface area contributed by atoms with Crippen LogP contribution < -0.4 is 10.2 Å². The van der Waals surface area contributed by atoms with Gasteiger partial charge in [-0.3, -0.25) is 10.0 Å². The predicted octanol–water partition coefficient (Wildman–Crippen LogP) is 3.55. The van der Waals surface area contributed by atoms with Gasteiger partial charge in [0.1, 0.15) is 17.5 Å². The van der Waals surface area contributed by atoms with E-state index in [1.165, 1.54) is 16.4 Å². The van der Waals surface area contributed by atoms with Crippen molar-refractivity contribution in [3.63, 3.8) is 0 Å². The van der Waals surface area contributed by atoms with Crippen molar-refractivity contribution in [1.82, 2.24) is 19.8 Å². The van der Waals surface area contributed by atoms with Crippen molar-refractivity contribution < 1.29 is 23.2 Å². The van der Waals surface area contributed by atoms with E-state index in [4.69, 9.17) is 9.94 Å². The maximum Gasteiger partial charge on any atom is 0.262 e. The molecule has 3 N–H and O–H groups in total. The number of aromatic nitrogens is 2. The summed E-state index contributed by atoms with van der Waals surface area (Å²) < 4.78 is 33.7. The van der Waals surface area contributed by atoms with Gasteiger partial charge in [-0.2, -0.15) is 4.31 Å². The third-order valence-electron chi connectivity index (χ3n) is 5.85. The molecule has 9 nitrogen and oxygen atoms in total. The zero-order chi connectivity index (χ0) is 23.4.